The predicted octanol–water partition coefficient (Wildman–Crippen LogP) is 2.61. The molecule has 2 aromatic rings. The fourth-order valence-corrected chi connectivity index (χ4v) is 2.34. The molecule has 0 saturated heterocycles. The number of carboxylic acids is 1. The molecule has 2 aromatic carbocycles. The van der Waals surface area contributed by atoms with Gasteiger partial charge >= 0.3 is 5.97 Å². The van der Waals surface area contributed by atoms with Crippen molar-refractivity contribution in [3.8, 4) is 11.1 Å². The molecule has 0 bridgehead atoms. The molecule has 4 nitrogen and oxygen atoms in total. The Morgan fingerprint density at radius 3 is 2.52 bits per heavy atom. The van der Waals surface area contributed by atoms with E-state index in [9.17, 15) is 9.90 Å². The third-order valence-corrected chi connectivity index (χ3v) is 3.26. The number of rotatable bonds is 5. The molecule has 0 spiro atoms. The van der Waals surface area contributed by atoms with Crippen LogP contribution in [0.15, 0.2) is 42.5 Å². The van der Waals surface area contributed by atoms with Crippen molar-refractivity contribution < 1.29 is 15.0 Å². The van der Waals surface area contributed by atoms with Gasteiger partial charge in [-0.2, -0.15) is 0 Å². The molecule has 110 valence electrons. The Bertz CT molecular complexity index is 650. The molecule has 0 fully saturated rings. The van der Waals surface area contributed by atoms with Crippen LogP contribution in [-0.4, -0.2) is 35.2 Å². The molecule has 0 saturated carbocycles. The molecular weight excluding hydrogens is 266 g/mol. The highest BCUT2D eigenvalue weighted by Gasteiger charge is 2.09. The van der Waals surface area contributed by atoms with Crippen LogP contribution in [0.2, 0.25) is 0 Å². The van der Waals surface area contributed by atoms with Crippen LogP contribution in [0.3, 0.4) is 0 Å². The molecule has 0 aliphatic carbocycles. The summed E-state index contributed by atoms with van der Waals surface area (Å²) in [6, 6.07) is 12.7. The number of hydrogen-bond acceptors (Lipinski definition) is 3. The van der Waals surface area contributed by atoms with Crippen LogP contribution in [-0.2, 0) is 13.2 Å². The molecule has 2 N–H and O–H groups in total. The van der Waals surface area contributed by atoms with Crippen molar-refractivity contribution in [3.63, 3.8) is 0 Å². The predicted molar refractivity (Wildman–Crippen MR) is 82.2 cm³/mol. The van der Waals surface area contributed by atoms with E-state index in [0.717, 1.165) is 28.8 Å². The second-order valence-electron chi connectivity index (χ2n) is 5.27. The van der Waals surface area contributed by atoms with Crippen LogP contribution in [0.1, 0.15) is 21.5 Å². The lowest BCUT2D eigenvalue weighted by Gasteiger charge is -2.14. The summed E-state index contributed by atoms with van der Waals surface area (Å²) in [7, 11) is 3.98. The van der Waals surface area contributed by atoms with Crippen molar-refractivity contribution in [3.05, 3.63) is 59.2 Å². The summed E-state index contributed by atoms with van der Waals surface area (Å²) in [6.45, 7) is 0.719. The number of hydrogen-bond donors (Lipinski definition) is 2. The van der Waals surface area contributed by atoms with Gasteiger partial charge in [0.15, 0.2) is 0 Å². The Kier molecular flexibility index (Phi) is 4.73. The Morgan fingerprint density at radius 2 is 1.90 bits per heavy atom. The molecule has 0 aliphatic heterocycles. The number of aliphatic hydroxyl groups is 1. The first kappa shape index (κ1) is 15.2. The van der Waals surface area contributed by atoms with Crippen LogP contribution < -0.4 is 0 Å². The van der Waals surface area contributed by atoms with Crippen molar-refractivity contribution in [2.75, 3.05) is 14.1 Å². The lowest BCUT2D eigenvalue weighted by atomic mass is 9.96. The van der Waals surface area contributed by atoms with E-state index in [1.165, 1.54) is 0 Å². The first-order valence-corrected chi connectivity index (χ1v) is 6.72. The number of benzene rings is 2. The highest BCUT2D eigenvalue weighted by Crippen LogP contribution is 2.26. The van der Waals surface area contributed by atoms with E-state index >= 15 is 0 Å². The minimum atomic E-state index is -0.952. The summed E-state index contributed by atoms with van der Waals surface area (Å²) in [6.07, 6.45) is 0. The second-order valence-corrected chi connectivity index (χ2v) is 5.27. The molecule has 4 heteroatoms. The summed E-state index contributed by atoms with van der Waals surface area (Å²) in [4.78, 5) is 13.1. The zero-order valence-corrected chi connectivity index (χ0v) is 12.2. The molecule has 0 atom stereocenters. The lowest BCUT2D eigenvalue weighted by Crippen LogP contribution is -2.11. The van der Waals surface area contributed by atoms with Crippen LogP contribution in [0, 0.1) is 0 Å². The van der Waals surface area contributed by atoms with E-state index in [-0.39, 0.29) is 12.2 Å². The van der Waals surface area contributed by atoms with Gasteiger partial charge in [0.1, 0.15) is 0 Å². The van der Waals surface area contributed by atoms with Gasteiger partial charge in [-0.25, -0.2) is 4.79 Å². The first-order valence-electron chi connectivity index (χ1n) is 6.72. The van der Waals surface area contributed by atoms with E-state index in [2.05, 4.69) is 4.90 Å². The van der Waals surface area contributed by atoms with E-state index in [0.29, 0.717) is 0 Å². The monoisotopic (exact) mass is 285 g/mol. The van der Waals surface area contributed by atoms with Gasteiger partial charge < -0.3 is 15.1 Å². The Balaban J connectivity index is 2.43. The van der Waals surface area contributed by atoms with Gasteiger partial charge in [0.05, 0.1) is 12.2 Å². The molecule has 21 heavy (non-hydrogen) atoms. The summed E-state index contributed by atoms with van der Waals surface area (Å²) in [5, 5.41) is 18.7. The van der Waals surface area contributed by atoms with E-state index < -0.39 is 5.97 Å². The van der Waals surface area contributed by atoms with Crippen molar-refractivity contribution in [2.45, 2.75) is 13.2 Å². The quantitative estimate of drug-likeness (QED) is 0.886. The molecule has 0 unspecified atom stereocenters. The maximum absolute atomic E-state index is 11.1. The van der Waals surface area contributed by atoms with Crippen LogP contribution in [0.5, 0.6) is 0 Å². The number of aliphatic hydroxyl groups excluding tert-OH is 1. The van der Waals surface area contributed by atoms with E-state index in [1.807, 2.05) is 38.4 Å². The number of carboxylic acid groups (broad SMARTS) is 1. The van der Waals surface area contributed by atoms with Gasteiger partial charge in [0.25, 0.3) is 0 Å². The smallest absolute Gasteiger partial charge is 0.335 e. The normalized spacial score (nSPS) is 10.9. The average molecular weight is 285 g/mol. The van der Waals surface area contributed by atoms with Gasteiger partial charge in [-0.05, 0) is 48.5 Å². The first-order chi connectivity index (χ1) is 10.0. The van der Waals surface area contributed by atoms with Gasteiger partial charge in [-0.3, -0.25) is 0 Å². The van der Waals surface area contributed by atoms with Crippen molar-refractivity contribution in [1.82, 2.24) is 4.90 Å². The topological polar surface area (TPSA) is 60.8 Å². The Labute approximate surface area is 124 Å². The lowest BCUT2D eigenvalue weighted by molar-refractivity contribution is 0.0697. The van der Waals surface area contributed by atoms with Crippen molar-refractivity contribution >= 4 is 5.97 Å². The zero-order chi connectivity index (χ0) is 15.4. The number of nitrogens with zero attached hydrogens (tertiary/aromatic N) is 1. The maximum Gasteiger partial charge on any atom is 0.335 e. The molecule has 0 amide bonds. The Morgan fingerprint density at radius 1 is 1.14 bits per heavy atom. The highest BCUT2D eigenvalue weighted by atomic mass is 16.4. The van der Waals surface area contributed by atoms with Gasteiger partial charge in [-0.15, -0.1) is 0 Å². The minimum absolute atomic E-state index is 0.0755. The maximum atomic E-state index is 11.1. The van der Waals surface area contributed by atoms with Crippen molar-refractivity contribution in [2.24, 2.45) is 0 Å². The summed E-state index contributed by atoms with van der Waals surface area (Å²) in [5.41, 5.74) is 3.83. The molecule has 2 rings (SSSR count). The molecular formula is C17H19NO3. The second kappa shape index (κ2) is 6.52. The molecule has 0 aliphatic rings. The zero-order valence-electron chi connectivity index (χ0n) is 12.2. The minimum Gasteiger partial charge on any atom is -0.478 e. The average Bonchev–Trinajstić information content (AvgIpc) is 2.46. The SMILES string of the molecule is CN(C)Cc1ccc(-c2cccc(C(=O)O)c2)c(CO)c1. The Hall–Kier alpha value is -2.17. The van der Waals surface area contributed by atoms with Crippen LogP contribution in [0.4, 0.5) is 0 Å². The van der Waals surface area contributed by atoms with E-state index in [1.54, 1.807) is 18.2 Å². The van der Waals surface area contributed by atoms with Gasteiger partial charge in [-0.1, -0.05) is 30.3 Å². The van der Waals surface area contributed by atoms with Crippen LogP contribution >= 0.6 is 0 Å². The summed E-state index contributed by atoms with van der Waals surface area (Å²) in [5.74, 6) is -0.952. The molecule has 0 radical (unpaired) electrons. The third kappa shape index (κ3) is 3.68. The highest BCUT2D eigenvalue weighted by molar-refractivity contribution is 5.89. The largest absolute Gasteiger partial charge is 0.478 e. The van der Waals surface area contributed by atoms with Crippen molar-refractivity contribution in [1.29, 1.82) is 0 Å². The number of aromatic carboxylic acids is 1. The molecule has 0 aromatic heterocycles. The van der Waals surface area contributed by atoms with Crippen LogP contribution in [0.25, 0.3) is 11.1 Å². The standard InChI is InChI=1S/C17H19NO3/c1-18(2)10-12-6-7-16(15(8-12)11-19)13-4-3-5-14(9-13)17(20)21/h3-9,19H,10-11H2,1-2H3,(H,20,21). The fraction of sp³-hybridized carbons (Fsp3) is 0.235. The van der Waals surface area contributed by atoms with Gasteiger partial charge in [0, 0.05) is 6.54 Å². The summed E-state index contributed by atoms with van der Waals surface area (Å²) < 4.78 is 0. The summed E-state index contributed by atoms with van der Waals surface area (Å²) >= 11 is 0. The number of carbonyl (C=O) groups is 1. The van der Waals surface area contributed by atoms with E-state index in [4.69, 9.17) is 5.11 Å². The molecule has 0 heterocycles. The fourth-order valence-electron chi connectivity index (χ4n) is 2.34. The third-order valence-electron chi connectivity index (χ3n) is 3.26. The van der Waals surface area contributed by atoms with Gasteiger partial charge in [0.2, 0.25) is 0 Å².